The van der Waals surface area contributed by atoms with Gasteiger partial charge in [-0.1, -0.05) is 54.1 Å². The van der Waals surface area contributed by atoms with Gasteiger partial charge in [0.25, 0.3) is 5.56 Å². The Labute approximate surface area is 210 Å². The Morgan fingerprint density at radius 2 is 1.31 bits per heavy atom. The molecule has 0 radical (unpaired) electrons. The van der Waals surface area contributed by atoms with Crippen LogP contribution < -0.4 is 5.56 Å². The molecule has 0 bridgehead atoms. The summed E-state index contributed by atoms with van der Waals surface area (Å²) in [7, 11) is 0. The number of para-hydroxylation sites is 1. The summed E-state index contributed by atoms with van der Waals surface area (Å²) in [5, 5.41) is 0.589. The van der Waals surface area contributed by atoms with Crippen LogP contribution in [0.2, 0.25) is 5.02 Å². The zero-order valence-electron chi connectivity index (χ0n) is 18.8. The molecule has 0 N–H and O–H groups in total. The van der Waals surface area contributed by atoms with Crippen LogP contribution in [0.3, 0.4) is 0 Å². The van der Waals surface area contributed by atoms with Crippen LogP contribution in [0.25, 0.3) is 45.1 Å². The van der Waals surface area contributed by atoms with E-state index in [0.717, 1.165) is 22.4 Å². The molecular formula is C29H18ClFN4O. The van der Waals surface area contributed by atoms with Crippen molar-refractivity contribution in [2.24, 2.45) is 0 Å². The molecule has 2 heterocycles. The molecule has 0 spiro atoms. The maximum absolute atomic E-state index is 14.0. The number of rotatable bonds is 4. The number of fused-ring (bicyclic) bond motifs is 1. The summed E-state index contributed by atoms with van der Waals surface area (Å²) in [6, 6.07) is 30.5. The minimum absolute atomic E-state index is 0.249. The topological polar surface area (TPSA) is 52.7 Å². The van der Waals surface area contributed by atoms with E-state index < -0.39 is 0 Å². The third kappa shape index (κ3) is 3.87. The average Bonchev–Trinajstić information content (AvgIpc) is 3.35. The highest BCUT2D eigenvalue weighted by atomic mass is 35.5. The van der Waals surface area contributed by atoms with Gasteiger partial charge in [0.2, 0.25) is 0 Å². The van der Waals surface area contributed by atoms with E-state index in [1.165, 1.54) is 12.1 Å². The van der Waals surface area contributed by atoms with Crippen LogP contribution in [0.5, 0.6) is 0 Å². The second-order valence-electron chi connectivity index (χ2n) is 8.26. The van der Waals surface area contributed by atoms with Crippen molar-refractivity contribution in [3.8, 4) is 33.9 Å². The first kappa shape index (κ1) is 21.9. The molecule has 36 heavy (non-hydrogen) atoms. The lowest BCUT2D eigenvalue weighted by molar-refractivity contribution is 0.628. The smallest absolute Gasteiger partial charge is 0.285 e. The lowest BCUT2D eigenvalue weighted by atomic mass is 10.1. The van der Waals surface area contributed by atoms with Crippen LogP contribution in [-0.2, 0) is 0 Å². The van der Waals surface area contributed by atoms with Crippen molar-refractivity contribution < 1.29 is 4.39 Å². The predicted octanol–water partition coefficient (Wildman–Crippen LogP) is 6.70. The number of halogens is 2. The molecule has 2 aromatic heterocycles. The van der Waals surface area contributed by atoms with Gasteiger partial charge in [0.05, 0.1) is 5.69 Å². The third-order valence-electron chi connectivity index (χ3n) is 6.02. The van der Waals surface area contributed by atoms with Gasteiger partial charge in [-0.2, -0.15) is 0 Å². The van der Waals surface area contributed by atoms with E-state index in [4.69, 9.17) is 16.6 Å². The lowest BCUT2D eigenvalue weighted by Crippen LogP contribution is -2.23. The first-order valence-electron chi connectivity index (χ1n) is 11.3. The summed E-state index contributed by atoms with van der Waals surface area (Å²) >= 11 is 6.11. The van der Waals surface area contributed by atoms with E-state index in [1.807, 2.05) is 66.7 Å². The number of imidazole rings is 1. The predicted molar refractivity (Wildman–Crippen MR) is 140 cm³/mol. The van der Waals surface area contributed by atoms with Crippen LogP contribution >= 0.6 is 11.6 Å². The minimum atomic E-state index is -0.288. The quantitative estimate of drug-likeness (QED) is 0.275. The Morgan fingerprint density at radius 1 is 0.694 bits per heavy atom. The molecule has 0 unspecified atom stereocenters. The highest BCUT2D eigenvalue weighted by Gasteiger charge is 2.19. The molecule has 0 aliphatic rings. The van der Waals surface area contributed by atoms with Crippen molar-refractivity contribution in [1.29, 1.82) is 0 Å². The third-order valence-corrected chi connectivity index (χ3v) is 6.27. The number of hydrogen-bond donors (Lipinski definition) is 0. The van der Waals surface area contributed by atoms with Gasteiger partial charge in [-0.3, -0.25) is 13.9 Å². The molecule has 0 atom stereocenters. The zero-order valence-corrected chi connectivity index (χ0v) is 19.6. The molecular weight excluding hydrogens is 475 g/mol. The van der Waals surface area contributed by atoms with E-state index in [1.54, 1.807) is 39.7 Å². The van der Waals surface area contributed by atoms with Gasteiger partial charge in [-0.25, -0.2) is 14.4 Å². The fourth-order valence-corrected chi connectivity index (χ4v) is 4.36. The molecule has 174 valence electrons. The number of aromatic nitrogens is 4. The molecule has 5 nitrogen and oxygen atoms in total. The first-order valence-corrected chi connectivity index (χ1v) is 11.6. The SMILES string of the molecule is O=c1c2c(ncn2-c2ccccc2)nc(-c2ccc(Cl)cc2)n1-c1ccc(-c2ccc(F)cc2)cc1. The second-order valence-corrected chi connectivity index (χ2v) is 8.70. The van der Waals surface area contributed by atoms with E-state index in [-0.39, 0.29) is 11.4 Å². The molecule has 0 aliphatic carbocycles. The van der Waals surface area contributed by atoms with Crippen LogP contribution in [0.4, 0.5) is 4.39 Å². The molecule has 0 amide bonds. The summed E-state index contributed by atoms with van der Waals surface area (Å²) in [6.07, 6.45) is 1.61. The summed E-state index contributed by atoms with van der Waals surface area (Å²) in [5.41, 5.74) is 4.46. The maximum atomic E-state index is 14.0. The largest absolute Gasteiger partial charge is 0.293 e. The van der Waals surface area contributed by atoms with Crippen LogP contribution in [0, 0.1) is 5.82 Å². The number of nitrogens with zero attached hydrogens (tertiary/aromatic N) is 4. The fraction of sp³-hybridized carbons (Fsp3) is 0. The van der Waals surface area contributed by atoms with Crippen LogP contribution in [-0.4, -0.2) is 19.1 Å². The molecule has 0 saturated carbocycles. The zero-order chi connectivity index (χ0) is 24.6. The first-order chi connectivity index (χ1) is 17.6. The molecule has 6 aromatic rings. The van der Waals surface area contributed by atoms with Crippen molar-refractivity contribution in [1.82, 2.24) is 19.1 Å². The van der Waals surface area contributed by atoms with E-state index >= 15 is 0 Å². The highest BCUT2D eigenvalue weighted by Crippen LogP contribution is 2.26. The van der Waals surface area contributed by atoms with Gasteiger partial charge in [0.15, 0.2) is 11.2 Å². The normalized spacial score (nSPS) is 11.2. The van der Waals surface area contributed by atoms with Gasteiger partial charge in [-0.15, -0.1) is 0 Å². The average molecular weight is 493 g/mol. The second kappa shape index (κ2) is 8.91. The van der Waals surface area contributed by atoms with E-state index in [2.05, 4.69) is 4.98 Å². The van der Waals surface area contributed by atoms with Crippen molar-refractivity contribution in [3.63, 3.8) is 0 Å². The van der Waals surface area contributed by atoms with Crippen molar-refractivity contribution in [2.45, 2.75) is 0 Å². The maximum Gasteiger partial charge on any atom is 0.285 e. The van der Waals surface area contributed by atoms with Gasteiger partial charge in [0.1, 0.15) is 18.0 Å². The minimum Gasteiger partial charge on any atom is -0.293 e. The molecule has 0 aliphatic heterocycles. The Morgan fingerprint density at radius 3 is 1.97 bits per heavy atom. The summed E-state index contributed by atoms with van der Waals surface area (Å²) in [5.74, 6) is 0.168. The highest BCUT2D eigenvalue weighted by molar-refractivity contribution is 6.30. The fourth-order valence-electron chi connectivity index (χ4n) is 4.23. The van der Waals surface area contributed by atoms with Gasteiger partial charge in [-0.05, 0) is 71.8 Å². The molecule has 0 saturated heterocycles. The van der Waals surface area contributed by atoms with Crippen molar-refractivity contribution >= 4 is 22.8 Å². The summed E-state index contributed by atoms with van der Waals surface area (Å²) in [6.45, 7) is 0. The standard InChI is InChI=1S/C29H18ClFN4O/c30-22-12-6-21(7-13-22)28-33-27-26(34(18-32-27)24-4-2-1-3-5-24)29(36)35(28)25-16-10-20(11-17-25)19-8-14-23(31)15-9-19/h1-18H. The van der Waals surface area contributed by atoms with Crippen molar-refractivity contribution in [3.05, 3.63) is 131 Å². The molecule has 0 fully saturated rings. The summed E-state index contributed by atoms with van der Waals surface area (Å²) < 4.78 is 16.7. The molecule has 7 heteroatoms. The van der Waals surface area contributed by atoms with E-state index in [9.17, 15) is 9.18 Å². The molecule has 4 aromatic carbocycles. The molecule has 6 rings (SSSR count). The number of benzene rings is 4. The van der Waals surface area contributed by atoms with Crippen LogP contribution in [0.15, 0.2) is 114 Å². The Hall–Kier alpha value is -4.55. The Bertz CT molecular complexity index is 1740. The van der Waals surface area contributed by atoms with Crippen molar-refractivity contribution in [2.75, 3.05) is 0 Å². The Balaban J connectivity index is 1.58. The van der Waals surface area contributed by atoms with Gasteiger partial charge >= 0.3 is 0 Å². The summed E-state index contributed by atoms with van der Waals surface area (Å²) in [4.78, 5) is 23.3. The van der Waals surface area contributed by atoms with E-state index in [0.29, 0.717) is 27.7 Å². The van der Waals surface area contributed by atoms with Gasteiger partial charge < -0.3 is 0 Å². The van der Waals surface area contributed by atoms with Gasteiger partial charge in [0, 0.05) is 16.3 Å². The monoisotopic (exact) mass is 492 g/mol. The number of hydrogen-bond acceptors (Lipinski definition) is 3. The lowest BCUT2D eigenvalue weighted by Gasteiger charge is -2.14. The Kier molecular flexibility index (Phi) is 5.43. The van der Waals surface area contributed by atoms with Crippen LogP contribution in [0.1, 0.15) is 0 Å².